The number of carbonyl (C=O) groups excluding carboxylic acids is 1. The van der Waals surface area contributed by atoms with Crippen molar-refractivity contribution in [2.75, 3.05) is 26.2 Å². The Morgan fingerprint density at radius 3 is 2.84 bits per heavy atom. The van der Waals surface area contributed by atoms with E-state index in [1.165, 1.54) is 0 Å². The van der Waals surface area contributed by atoms with Crippen LogP contribution in [-0.2, 0) is 4.74 Å². The summed E-state index contributed by atoms with van der Waals surface area (Å²) in [4.78, 5) is 12.3. The van der Waals surface area contributed by atoms with Gasteiger partial charge in [-0.3, -0.25) is 4.79 Å². The van der Waals surface area contributed by atoms with Gasteiger partial charge in [0.1, 0.15) is 5.75 Å². The minimum Gasteiger partial charge on any atom is -0.497 e. The van der Waals surface area contributed by atoms with Crippen molar-refractivity contribution < 1.29 is 14.3 Å². The van der Waals surface area contributed by atoms with Crippen LogP contribution in [0.15, 0.2) is 24.3 Å². The van der Waals surface area contributed by atoms with Crippen LogP contribution in [0.4, 0.5) is 0 Å². The summed E-state index contributed by atoms with van der Waals surface area (Å²) in [5, 5.41) is 3.04. The summed E-state index contributed by atoms with van der Waals surface area (Å²) in [6, 6.07) is 7.09. The first-order chi connectivity index (χ1) is 9.19. The molecule has 1 N–H and O–H groups in total. The molecule has 104 valence electrons. The van der Waals surface area contributed by atoms with Gasteiger partial charge in [-0.15, -0.1) is 11.6 Å². The molecule has 0 aliphatic carbocycles. The highest BCUT2D eigenvalue weighted by molar-refractivity contribution is 6.19. The van der Waals surface area contributed by atoms with Crippen LogP contribution < -0.4 is 10.1 Å². The predicted molar refractivity (Wildman–Crippen MR) is 74.0 cm³/mol. The lowest BCUT2D eigenvalue weighted by atomic mass is 9.92. The number of alkyl halides is 1. The van der Waals surface area contributed by atoms with Crippen LogP contribution in [0.25, 0.3) is 0 Å². The second-order valence-electron chi connectivity index (χ2n) is 4.71. The van der Waals surface area contributed by atoms with Gasteiger partial charge in [0, 0.05) is 24.7 Å². The van der Waals surface area contributed by atoms with E-state index in [2.05, 4.69) is 5.32 Å². The minimum absolute atomic E-state index is 0.124. The minimum atomic E-state index is -0.361. The molecular formula is C14H18ClNO3. The average molecular weight is 284 g/mol. The zero-order valence-electron chi connectivity index (χ0n) is 10.9. The number of benzene rings is 1. The number of ether oxygens (including phenoxy) is 2. The molecule has 0 bridgehead atoms. The van der Waals surface area contributed by atoms with Crippen LogP contribution in [0, 0.1) is 0 Å². The average Bonchev–Trinajstić information content (AvgIpc) is 2.48. The van der Waals surface area contributed by atoms with Crippen molar-refractivity contribution in [3.8, 4) is 5.75 Å². The van der Waals surface area contributed by atoms with Gasteiger partial charge in [-0.1, -0.05) is 6.07 Å². The molecule has 5 heteroatoms. The number of amides is 1. The quantitative estimate of drug-likeness (QED) is 0.862. The van der Waals surface area contributed by atoms with E-state index in [9.17, 15) is 4.79 Å². The van der Waals surface area contributed by atoms with Crippen molar-refractivity contribution in [2.45, 2.75) is 18.4 Å². The van der Waals surface area contributed by atoms with Crippen LogP contribution in [-0.4, -0.2) is 37.6 Å². The topological polar surface area (TPSA) is 47.6 Å². The molecule has 2 rings (SSSR count). The van der Waals surface area contributed by atoms with Gasteiger partial charge in [0.05, 0.1) is 12.6 Å². The zero-order chi connectivity index (χ0) is 13.7. The SMILES string of the molecule is COc1cccc(C(=O)NC2(CCl)CCOCC2)c1. The van der Waals surface area contributed by atoms with Crippen molar-refractivity contribution in [3.05, 3.63) is 29.8 Å². The summed E-state index contributed by atoms with van der Waals surface area (Å²) < 4.78 is 10.4. The Morgan fingerprint density at radius 2 is 2.21 bits per heavy atom. The molecule has 0 aromatic heterocycles. The monoisotopic (exact) mass is 283 g/mol. The molecule has 4 nitrogen and oxygen atoms in total. The Hall–Kier alpha value is -1.26. The molecule has 0 unspecified atom stereocenters. The number of methoxy groups -OCH3 is 1. The standard InChI is InChI=1S/C14H18ClNO3/c1-18-12-4-2-3-11(9-12)13(17)16-14(10-15)5-7-19-8-6-14/h2-4,9H,5-8,10H2,1H3,(H,16,17). The lowest BCUT2D eigenvalue weighted by Gasteiger charge is -2.36. The molecule has 0 radical (unpaired) electrons. The Bertz CT molecular complexity index is 444. The molecule has 0 saturated carbocycles. The first-order valence-corrected chi connectivity index (χ1v) is 6.83. The second-order valence-corrected chi connectivity index (χ2v) is 4.98. The van der Waals surface area contributed by atoms with Crippen molar-refractivity contribution in [1.29, 1.82) is 0 Å². The summed E-state index contributed by atoms with van der Waals surface area (Å²) in [5.41, 5.74) is 0.218. The first kappa shape index (κ1) is 14.2. The second kappa shape index (κ2) is 6.26. The largest absolute Gasteiger partial charge is 0.497 e. The van der Waals surface area contributed by atoms with Crippen LogP contribution in [0.2, 0.25) is 0 Å². The molecular weight excluding hydrogens is 266 g/mol. The fraction of sp³-hybridized carbons (Fsp3) is 0.500. The number of hydrogen-bond acceptors (Lipinski definition) is 3. The summed E-state index contributed by atoms with van der Waals surface area (Å²) in [6.45, 7) is 1.26. The fourth-order valence-corrected chi connectivity index (χ4v) is 2.47. The summed E-state index contributed by atoms with van der Waals surface area (Å²) >= 11 is 6.03. The number of hydrogen-bond donors (Lipinski definition) is 1. The number of halogens is 1. The molecule has 1 aromatic rings. The first-order valence-electron chi connectivity index (χ1n) is 6.29. The fourth-order valence-electron chi connectivity index (χ4n) is 2.13. The molecule has 1 amide bonds. The highest BCUT2D eigenvalue weighted by atomic mass is 35.5. The van der Waals surface area contributed by atoms with Gasteiger partial charge < -0.3 is 14.8 Å². The molecule has 1 fully saturated rings. The van der Waals surface area contributed by atoms with Crippen molar-refractivity contribution in [2.24, 2.45) is 0 Å². The lowest BCUT2D eigenvalue weighted by Crippen LogP contribution is -2.53. The molecule has 1 aromatic carbocycles. The van der Waals surface area contributed by atoms with E-state index in [0.29, 0.717) is 30.4 Å². The highest BCUT2D eigenvalue weighted by Crippen LogP contribution is 2.23. The molecule has 1 aliphatic heterocycles. The molecule has 19 heavy (non-hydrogen) atoms. The van der Waals surface area contributed by atoms with Gasteiger partial charge in [0.2, 0.25) is 0 Å². The Morgan fingerprint density at radius 1 is 1.47 bits per heavy atom. The summed E-state index contributed by atoms with van der Waals surface area (Å²) in [7, 11) is 1.58. The van der Waals surface area contributed by atoms with Crippen molar-refractivity contribution in [3.63, 3.8) is 0 Å². The van der Waals surface area contributed by atoms with E-state index >= 15 is 0 Å². The van der Waals surface area contributed by atoms with E-state index in [-0.39, 0.29) is 11.4 Å². The third-order valence-electron chi connectivity index (χ3n) is 3.42. The number of carbonyl (C=O) groups is 1. The normalized spacial score (nSPS) is 17.8. The molecule has 1 saturated heterocycles. The van der Waals surface area contributed by atoms with Crippen LogP contribution in [0.5, 0.6) is 5.75 Å². The van der Waals surface area contributed by atoms with Crippen LogP contribution in [0.3, 0.4) is 0 Å². The lowest BCUT2D eigenvalue weighted by molar-refractivity contribution is 0.0433. The van der Waals surface area contributed by atoms with E-state index in [0.717, 1.165) is 12.8 Å². The third-order valence-corrected chi connectivity index (χ3v) is 3.93. The molecule has 1 aliphatic rings. The maximum absolute atomic E-state index is 12.3. The van der Waals surface area contributed by atoms with Crippen LogP contribution >= 0.6 is 11.6 Å². The van der Waals surface area contributed by atoms with E-state index in [1.807, 2.05) is 6.07 Å². The van der Waals surface area contributed by atoms with Gasteiger partial charge >= 0.3 is 0 Å². The molecule has 1 heterocycles. The Labute approximate surface area is 118 Å². The van der Waals surface area contributed by atoms with Crippen molar-refractivity contribution in [1.82, 2.24) is 5.32 Å². The van der Waals surface area contributed by atoms with Crippen molar-refractivity contribution >= 4 is 17.5 Å². The number of rotatable bonds is 4. The molecule has 0 atom stereocenters. The third kappa shape index (κ3) is 3.39. The highest BCUT2D eigenvalue weighted by Gasteiger charge is 2.33. The number of nitrogens with one attached hydrogen (secondary N) is 1. The van der Waals surface area contributed by atoms with Crippen LogP contribution in [0.1, 0.15) is 23.2 Å². The van der Waals surface area contributed by atoms with Gasteiger partial charge in [0.15, 0.2) is 0 Å². The smallest absolute Gasteiger partial charge is 0.251 e. The van der Waals surface area contributed by atoms with Gasteiger partial charge in [-0.2, -0.15) is 0 Å². The van der Waals surface area contributed by atoms with Gasteiger partial charge in [-0.25, -0.2) is 0 Å². The summed E-state index contributed by atoms with van der Waals surface area (Å²) in [5.74, 6) is 0.938. The van der Waals surface area contributed by atoms with E-state index < -0.39 is 0 Å². The van der Waals surface area contributed by atoms with E-state index in [4.69, 9.17) is 21.1 Å². The maximum Gasteiger partial charge on any atom is 0.251 e. The Balaban J connectivity index is 2.10. The van der Waals surface area contributed by atoms with Gasteiger partial charge in [0.25, 0.3) is 5.91 Å². The van der Waals surface area contributed by atoms with Gasteiger partial charge in [-0.05, 0) is 31.0 Å². The Kier molecular flexibility index (Phi) is 4.66. The molecule has 0 spiro atoms. The van der Waals surface area contributed by atoms with E-state index in [1.54, 1.807) is 25.3 Å². The zero-order valence-corrected chi connectivity index (χ0v) is 11.7. The summed E-state index contributed by atoms with van der Waals surface area (Å²) in [6.07, 6.45) is 1.48. The predicted octanol–water partition coefficient (Wildman–Crippen LogP) is 2.21. The maximum atomic E-state index is 12.3.